The molecule has 1 aliphatic heterocycles. The van der Waals surface area contributed by atoms with Gasteiger partial charge in [-0.15, -0.1) is 22.0 Å². The van der Waals surface area contributed by atoms with Crippen LogP contribution in [-0.4, -0.2) is 24.3 Å². The van der Waals surface area contributed by atoms with Crippen molar-refractivity contribution in [1.82, 2.24) is 0 Å². The largest absolute Gasteiger partial charge is 0.525 e. The summed E-state index contributed by atoms with van der Waals surface area (Å²) in [5.74, 6) is 0. The fourth-order valence-corrected chi connectivity index (χ4v) is 0.817. The smallest absolute Gasteiger partial charge is 0.258 e. The molecule has 10 heteroatoms. The molecule has 2 atom stereocenters. The Morgan fingerprint density at radius 2 is 1.71 bits per heavy atom. The van der Waals surface area contributed by atoms with Crippen molar-refractivity contribution >= 4 is 11.6 Å². The molecule has 0 radical (unpaired) electrons. The van der Waals surface area contributed by atoms with E-state index in [1.807, 2.05) is 0 Å². The van der Waals surface area contributed by atoms with E-state index in [1.165, 1.54) is 0 Å². The number of hydrogen-bond donors (Lipinski definition) is 0. The van der Waals surface area contributed by atoms with Crippen molar-refractivity contribution in [1.29, 1.82) is 0 Å². The van der Waals surface area contributed by atoms with E-state index < -0.39 is 24.3 Å². The fourth-order valence-electron chi connectivity index (χ4n) is 0.638. The molecule has 14 heavy (non-hydrogen) atoms. The SMILES string of the molecule is FC(F)(F)OC1OC(F)(F)OC1(F)Cl. The van der Waals surface area contributed by atoms with Crippen molar-refractivity contribution in [3.63, 3.8) is 0 Å². The molecule has 0 spiro atoms. The highest BCUT2D eigenvalue weighted by atomic mass is 35.5. The standard InChI is InChI=1S/C4HClF6O3/c5-2(6)1(12-3(7,8)9)13-4(10,11)14-2/h1H. The molecule has 1 heterocycles. The average Bonchev–Trinajstić information content (AvgIpc) is 1.94. The minimum atomic E-state index is -5.37. The minimum absolute atomic E-state index is 2.82. The molecule has 0 saturated carbocycles. The van der Waals surface area contributed by atoms with E-state index >= 15 is 0 Å². The Balaban J connectivity index is 2.71. The molecule has 84 valence electrons. The van der Waals surface area contributed by atoms with Crippen LogP contribution in [0.15, 0.2) is 0 Å². The highest BCUT2D eigenvalue weighted by Crippen LogP contribution is 2.44. The zero-order valence-corrected chi connectivity index (χ0v) is 6.70. The summed E-state index contributed by atoms with van der Waals surface area (Å²) in [5, 5.41) is -3.89. The van der Waals surface area contributed by atoms with Gasteiger partial charge in [0.15, 0.2) is 0 Å². The molecule has 0 amide bonds. The van der Waals surface area contributed by atoms with Gasteiger partial charge in [0.25, 0.3) is 0 Å². The minimum Gasteiger partial charge on any atom is -0.258 e. The van der Waals surface area contributed by atoms with Gasteiger partial charge in [0, 0.05) is 0 Å². The molecular weight excluding hydrogens is 245 g/mol. The Hall–Kier alpha value is -0.250. The molecule has 3 nitrogen and oxygen atoms in total. The molecule has 1 rings (SSSR count). The molecule has 0 aromatic heterocycles. The van der Waals surface area contributed by atoms with Crippen LogP contribution in [0.4, 0.5) is 26.3 Å². The summed E-state index contributed by atoms with van der Waals surface area (Å²) in [5.41, 5.74) is 0. The highest BCUT2D eigenvalue weighted by Gasteiger charge is 2.63. The topological polar surface area (TPSA) is 27.7 Å². The molecule has 0 aromatic carbocycles. The van der Waals surface area contributed by atoms with Gasteiger partial charge in [0.05, 0.1) is 0 Å². The molecule has 0 bridgehead atoms. The van der Waals surface area contributed by atoms with Crippen molar-refractivity contribution in [2.45, 2.75) is 24.3 Å². The van der Waals surface area contributed by atoms with Gasteiger partial charge in [0.2, 0.25) is 6.29 Å². The zero-order chi connectivity index (χ0) is 11.2. The van der Waals surface area contributed by atoms with Crippen LogP contribution in [-0.2, 0) is 14.2 Å². The number of hydrogen-bond acceptors (Lipinski definition) is 3. The summed E-state index contributed by atoms with van der Waals surface area (Å²) in [7, 11) is 0. The molecule has 2 unspecified atom stereocenters. The Bertz CT molecular complexity index is 228. The lowest BCUT2D eigenvalue weighted by atomic mass is 10.6. The summed E-state index contributed by atoms with van der Waals surface area (Å²) < 4.78 is 80.1. The monoisotopic (exact) mass is 246 g/mol. The predicted molar refractivity (Wildman–Crippen MR) is 27.7 cm³/mol. The predicted octanol–water partition coefficient (Wildman–Crippen LogP) is 2.31. The van der Waals surface area contributed by atoms with Gasteiger partial charge in [-0.3, -0.25) is 9.47 Å². The third kappa shape index (κ3) is 2.87. The molecule has 1 aliphatic rings. The number of alkyl halides is 7. The van der Waals surface area contributed by atoms with Crippen LogP contribution < -0.4 is 0 Å². The first-order valence-corrected chi connectivity index (χ1v) is 3.28. The van der Waals surface area contributed by atoms with Crippen molar-refractivity contribution in [3.8, 4) is 0 Å². The van der Waals surface area contributed by atoms with Crippen LogP contribution in [0, 0.1) is 0 Å². The summed E-state index contributed by atoms with van der Waals surface area (Å²) in [6.45, 7) is 0. The van der Waals surface area contributed by atoms with E-state index in [1.54, 1.807) is 0 Å². The van der Waals surface area contributed by atoms with E-state index in [9.17, 15) is 26.3 Å². The first-order valence-electron chi connectivity index (χ1n) is 2.90. The maximum Gasteiger partial charge on any atom is 0.525 e. The van der Waals surface area contributed by atoms with Crippen LogP contribution in [0.25, 0.3) is 0 Å². The summed E-state index contributed by atoms with van der Waals surface area (Å²) in [4.78, 5) is 0. The molecule has 0 aromatic rings. The Kier molecular flexibility index (Phi) is 2.64. The van der Waals surface area contributed by atoms with Gasteiger partial charge >= 0.3 is 18.0 Å². The summed E-state index contributed by atoms with van der Waals surface area (Å²) in [6, 6.07) is 0. The third-order valence-corrected chi connectivity index (χ3v) is 1.27. The van der Waals surface area contributed by atoms with Crippen molar-refractivity contribution < 1.29 is 40.6 Å². The Labute approximate surface area is 77.5 Å². The summed E-state index contributed by atoms with van der Waals surface area (Å²) in [6.07, 6.45) is -13.0. The van der Waals surface area contributed by atoms with Gasteiger partial charge in [-0.25, -0.2) is 4.74 Å². The Morgan fingerprint density at radius 3 is 2.00 bits per heavy atom. The van der Waals surface area contributed by atoms with Gasteiger partial charge in [-0.05, 0) is 11.6 Å². The number of ether oxygens (including phenoxy) is 3. The zero-order valence-electron chi connectivity index (χ0n) is 5.95. The molecule has 1 fully saturated rings. The third-order valence-electron chi connectivity index (χ3n) is 1.01. The van der Waals surface area contributed by atoms with E-state index in [4.69, 9.17) is 0 Å². The first kappa shape index (κ1) is 11.8. The van der Waals surface area contributed by atoms with E-state index in [2.05, 4.69) is 25.8 Å². The lowest BCUT2D eigenvalue weighted by Gasteiger charge is -2.17. The van der Waals surface area contributed by atoms with Crippen LogP contribution in [0.2, 0.25) is 0 Å². The highest BCUT2D eigenvalue weighted by molar-refractivity contribution is 6.22. The first-order chi connectivity index (χ1) is 6.02. The van der Waals surface area contributed by atoms with Crippen molar-refractivity contribution in [3.05, 3.63) is 0 Å². The van der Waals surface area contributed by atoms with Gasteiger partial charge < -0.3 is 0 Å². The second-order valence-corrected chi connectivity index (χ2v) is 2.66. The molecular formula is C4HClF6O3. The van der Waals surface area contributed by atoms with Crippen molar-refractivity contribution in [2.75, 3.05) is 0 Å². The normalized spacial score (nSPS) is 37.5. The molecule has 0 aliphatic carbocycles. The number of rotatable bonds is 1. The lowest BCUT2D eigenvalue weighted by Crippen LogP contribution is -2.35. The van der Waals surface area contributed by atoms with Crippen LogP contribution >= 0.6 is 11.6 Å². The van der Waals surface area contributed by atoms with Gasteiger partial charge in [0.1, 0.15) is 0 Å². The fraction of sp³-hybridized carbons (Fsp3) is 1.00. The van der Waals surface area contributed by atoms with Crippen molar-refractivity contribution in [2.24, 2.45) is 0 Å². The van der Waals surface area contributed by atoms with E-state index in [0.717, 1.165) is 0 Å². The second kappa shape index (κ2) is 3.12. The van der Waals surface area contributed by atoms with E-state index in [0.29, 0.717) is 0 Å². The Morgan fingerprint density at radius 1 is 1.21 bits per heavy atom. The van der Waals surface area contributed by atoms with Crippen LogP contribution in [0.3, 0.4) is 0 Å². The van der Waals surface area contributed by atoms with Crippen LogP contribution in [0.5, 0.6) is 0 Å². The maximum absolute atomic E-state index is 12.6. The van der Waals surface area contributed by atoms with Gasteiger partial charge in [-0.2, -0.15) is 4.39 Å². The molecule has 1 saturated heterocycles. The maximum atomic E-state index is 12.6. The lowest BCUT2D eigenvalue weighted by molar-refractivity contribution is -0.410. The quantitative estimate of drug-likeness (QED) is 0.525. The number of halogens is 7. The molecule has 0 N–H and O–H groups in total. The van der Waals surface area contributed by atoms with Gasteiger partial charge in [-0.1, -0.05) is 0 Å². The second-order valence-electron chi connectivity index (χ2n) is 2.14. The van der Waals surface area contributed by atoms with Crippen LogP contribution in [0.1, 0.15) is 0 Å². The average molecular weight is 246 g/mol. The summed E-state index contributed by atoms with van der Waals surface area (Å²) >= 11 is 4.51. The van der Waals surface area contributed by atoms with E-state index in [-0.39, 0.29) is 0 Å².